The number of anilines is 2. The van der Waals surface area contributed by atoms with Crippen LogP contribution in [0.15, 0.2) is 60.2 Å². The molecule has 4 rings (SSSR count). The van der Waals surface area contributed by atoms with Crippen molar-refractivity contribution >= 4 is 17.3 Å². The fraction of sp³-hybridized carbons (Fsp3) is 0.375. The summed E-state index contributed by atoms with van der Waals surface area (Å²) < 4.78 is 5.83. The summed E-state index contributed by atoms with van der Waals surface area (Å²) in [6.07, 6.45) is 11.3. The summed E-state index contributed by atoms with van der Waals surface area (Å²) >= 11 is 0. The van der Waals surface area contributed by atoms with E-state index in [4.69, 9.17) is 10.5 Å². The third kappa shape index (κ3) is 4.22. The van der Waals surface area contributed by atoms with Crippen LogP contribution < -0.4 is 15.8 Å². The fourth-order valence-electron chi connectivity index (χ4n) is 4.07. The first-order valence-electron chi connectivity index (χ1n) is 10.3. The lowest BCUT2D eigenvalue weighted by Gasteiger charge is -2.35. The maximum Gasteiger partial charge on any atom is 0.234 e. The summed E-state index contributed by atoms with van der Waals surface area (Å²) in [6, 6.07) is 14.9. The maximum atomic E-state index is 13.2. The molecule has 4 nitrogen and oxygen atoms in total. The topological polar surface area (TPSA) is 64.3 Å². The number of ether oxygens (including phenoxy) is 1. The second-order valence-electron chi connectivity index (χ2n) is 8.02. The molecule has 0 radical (unpaired) electrons. The molecule has 146 valence electrons. The van der Waals surface area contributed by atoms with E-state index in [1.807, 2.05) is 48.5 Å². The summed E-state index contributed by atoms with van der Waals surface area (Å²) in [4.78, 5) is 13.2. The largest absolute Gasteiger partial charge is 0.457 e. The van der Waals surface area contributed by atoms with Crippen LogP contribution in [0.2, 0.25) is 0 Å². The Morgan fingerprint density at radius 1 is 0.893 bits per heavy atom. The van der Waals surface area contributed by atoms with Crippen molar-refractivity contribution in [2.24, 2.45) is 5.41 Å². The van der Waals surface area contributed by atoms with Gasteiger partial charge in [-0.25, -0.2) is 0 Å². The van der Waals surface area contributed by atoms with Gasteiger partial charge in [0.15, 0.2) is 0 Å². The van der Waals surface area contributed by atoms with E-state index in [0.29, 0.717) is 5.69 Å². The van der Waals surface area contributed by atoms with Gasteiger partial charge in [-0.1, -0.05) is 30.9 Å². The highest BCUT2D eigenvalue weighted by Gasteiger charge is 2.38. The van der Waals surface area contributed by atoms with Crippen LogP contribution in [0, 0.1) is 5.41 Å². The van der Waals surface area contributed by atoms with Crippen molar-refractivity contribution in [3.63, 3.8) is 0 Å². The van der Waals surface area contributed by atoms with E-state index in [1.54, 1.807) is 0 Å². The number of carbonyl (C=O) groups is 1. The van der Waals surface area contributed by atoms with Crippen LogP contribution in [-0.4, -0.2) is 5.91 Å². The third-order valence-corrected chi connectivity index (χ3v) is 5.90. The number of nitrogen functional groups attached to an aromatic ring is 1. The van der Waals surface area contributed by atoms with Crippen molar-refractivity contribution in [2.75, 3.05) is 11.1 Å². The molecule has 1 amide bonds. The molecule has 0 spiro atoms. The van der Waals surface area contributed by atoms with Gasteiger partial charge in [-0.3, -0.25) is 4.79 Å². The highest BCUT2D eigenvalue weighted by molar-refractivity contribution is 5.96. The fourth-order valence-corrected chi connectivity index (χ4v) is 4.07. The molecule has 2 aromatic carbocycles. The summed E-state index contributed by atoms with van der Waals surface area (Å²) in [5.74, 6) is 1.60. The first-order chi connectivity index (χ1) is 13.6. The van der Waals surface area contributed by atoms with E-state index < -0.39 is 0 Å². The molecule has 0 aliphatic heterocycles. The van der Waals surface area contributed by atoms with Crippen molar-refractivity contribution in [3.05, 3.63) is 60.2 Å². The minimum Gasteiger partial charge on any atom is -0.457 e. The zero-order chi connectivity index (χ0) is 19.4. The lowest BCUT2D eigenvalue weighted by Crippen LogP contribution is -2.37. The number of hydrogen-bond acceptors (Lipinski definition) is 3. The monoisotopic (exact) mass is 376 g/mol. The van der Waals surface area contributed by atoms with Crippen molar-refractivity contribution in [2.45, 2.75) is 51.4 Å². The van der Waals surface area contributed by atoms with Crippen molar-refractivity contribution < 1.29 is 9.53 Å². The minimum absolute atomic E-state index is 0.138. The van der Waals surface area contributed by atoms with Crippen LogP contribution in [0.25, 0.3) is 0 Å². The van der Waals surface area contributed by atoms with Gasteiger partial charge in [0, 0.05) is 11.4 Å². The third-order valence-electron chi connectivity index (χ3n) is 5.90. The van der Waals surface area contributed by atoms with E-state index >= 15 is 0 Å². The summed E-state index contributed by atoms with van der Waals surface area (Å²) in [5.41, 5.74) is 8.36. The zero-order valence-corrected chi connectivity index (χ0v) is 16.2. The van der Waals surface area contributed by atoms with Gasteiger partial charge < -0.3 is 15.8 Å². The SMILES string of the molecule is Nc1ccc(Oc2ccc(NC(=O)C3(C=C4CCC4)CCCCC3)cc2)cc1. The Bertz CT molecular complexity index is 841. The zero-order valence-electron chi connectivity index (χ0n) is 16.2. The summed E-state index contributed by atoms with van der Waals surface area (Å²) in [7, 11) is 0. The average molecular weight is 377 g/mol. The van der Waals surface area contributed by atoms with Crippen LogP contribution in [0.3, 0.4) is 0 Å². The van der Waals surface area contributed by atoms with Gasteiger partial charge in [-0.2, -0.15) is 0 Å². The number of benzene rings is 2. The molecular formula is C24H28N2O2. The Kier molecular flexibility index (Phi) is 5.38. The molecule has 2 aliphatic rings. The van der Waals surface area contributed by atoms with Crippen molar-refractivity contribution in [3.8, 4) is 11.5 Å². The van der Waals surface area contributed by atoms with Crippen LogP contribution >= 0.6 is 0 Å². The van der Waals surface area contributed by atoms with Crippen LogP contribution in [0.5, 0.6) is 11.5 Å². The Balaban J connectivity index is 1.43. The number of rotatable bonds is 5. The standard InChI is InChI=1S/C24H28N2O2/c25-19-7-11-21(12-8-19)28-22-13-9-20(10-14-22)26-23(27)24(15-2-1-3-16-24)17-18-5-4-6-18/h7-14,17H,1-6,15-16,25H2,(H,26,27). The molecule has 2 aromatic rings. The highest BCUT2D eigenvalue weighted by Crippen LogP contribution is 2.42. The number of nitrogens with two attached hydrogens (primary N) is 1. The smallest absolute Gasteiger partial charge is 0.234 e. The number of nitrogens with one attached hydrogen (secondary N) is 1. The van der Waals surface area contributed by atoms with Gasteiger partial charge in [0.2, 0.25) is 5.91 Å². The molecule has 28 heavy (non-hydrogen) atoms. The summed E-state index contributed by atoms with van der Waals surface area (Å²) in [6.45, 7) is 0. The Morgan fingerprint density at radius 3 is 2.07 bits per heavy atom. The lowest BCUT2D eigenvalue weighted by atomic mass is 9.70. The molecule has 3 N–H and O–H groups in total. The molecule has 4 heteroatoms. The molecule has 0 bridgehead atoms. The van der Waals surface area contributed by atoms with E-state index in [1.165, 1.54) is 18.4 Å². The quantitative estimate of drug-likeness (QED) is 0.492. The number of hydrogen-bond donors (Lipinski definition) is 2. The molecule has 2 aliphatic carbocycles. The molecule has 0 unspecified atom stereocenters. The van der Waals surface area contributed by atoms with Crippen LogP contribution in [-0.2, 0) is 4.79 Å². The molecule has 2 saturated carbocycles. The van der Waals surface area contributed by atoms with E-state index in [0.717, 1.165) is 55.7 Å². The first kappa shape index (κ1) is 18.6. The predicted octanol–water partition coefficient (Wildman–Crippen LogP) is 6.06. The lowest BCUT2D eigenvalue weighted by molar-refractivity contribution is -0.124. The molecule has 0 heterocycles. The van der Waals surface area contributed by atoms with Crippen molar-refractivity contribution in [1.82, 2.24) is 0 Å². The van der Waals surface area contributed by atoms with Gasteiger partial charge in [-0.05, 0) is 80.6 Å². The number of carbonyl (C=O) groups excluding carboxylic acids is 1. The maximum absolute atomic E-state index is 13.2. The highest BCUT2D eigenvalue weighted by atomic mass is 16.5. The first-order valence-corrected chi connectivity index (χ1v) is 10.3. The second-order valence-corrected chi connectivity index (χ2v) is 8.02. The van der Waals surface area contributed by atoms with Gasteiger partial charge in [0.1, 0.15) is 11.5 Å². The molecule has 0 aromatic heterocycles. The van der Waals surface area contributed by atoms with Gasteiger partial charge in [0.25, 0.3) is 0 Å². The molecule has 0 atom stereocenters. The predicted molar refractivity (Wildman–Crippen MR) is 113 cm³/mol. The van der Waals surface area contributed by atoms with E-state index in [-0.39, 0.29) is 11.3 Å². The van der Waals surface area contributed by atoms with Gasteiger partial charge >= 0.3 is 0 Å². The van der Waals surface area contributed by atoms with Gasteiger partial charge in [-0.15, -0.1) is 0 Å². The Hall–Kier alpha value is -2.75. The van der Waals surface area contributed by atoms with E-state index in [9.17, 15) is 4.79 Å². The van der Waals surface area contributed by atoms with Crippen molar-refractivity contribution in [1.29, 1.82) is 0 Å². The summed E-state index contributed by atoms with van der Waals surface area (Å²) in [5, 5.41) is 3.15. The number of allylic oxidation sites excluding steroid dienone is 1. The number of amides is 1. The normalized spacial score (nSPS) is 18.1. The minimum atomic E-state index is -0.326. The average Bonchev–Trinajstić information content (AvgIpc) is 2.69. The van der Waals surface area contributed by atoms with Crippen LogP contribution in [0.4, 0.5) is 11.4 Å². The Labute approximate surface area is 166 Å². The van der Waals surface area contributed by atoms with E-state index in [2.05, 4.69) is 11.4 Å². The molecule has 2 fully saturated rings. The second kappa shape index (κ2) is 8.09. The van der Waals surface area contributed by atoms with Crippen LogP contribution in [0.1, 0.15) is 51.4 Å². The molecular weight excluding hydrogens is 348 g/mol. The van der Waals surface area contributed by atoms with Gasteiger partial charge in [0.05, 0.1) is 5.41 Å². The molecule has 0 saturated heterocycles. The Morgan fingerprint density at radius 2 is 1.50 bits per heavy atom.